The summed E-state index contributed by atoms with van der Waals surface area (Å²) in [7, 11) is 0. The summed E-state index contributed by atoms with van der Waals surface area (Å²) in [5.41, 5.74) is 0.566. The van der Waals surface area contributed by atoms with E-state index in [0.717, 1.165) is 13.1 Å². The molecule has 0 atom stereocenters. The normalized spacial score (nSPS) is 16.7. The molecular formula is C14H20N2O3. The van der Waals surface area contributed by atoms with Gasteiger partial charge >= 0.3 is 0 Å². The summed E-state index contributed by atoms with van der Waals surface area (Å²) in [6.45, 7) is 4.72. The molecule has 5 nitrogen and oxygen atoms in total. The second-order valence-electron chi connectivity index (χ2n) is 5.44. The van der Waals surface area contributed by atoms with E-state index < -0.39 is 4.92 Å². The lowest BCUT2D eigenvalue weighted by Crippen LogP contribution is -2.38. The van der Waals surface area contributed by atoms with Gasteiger partial charge in [0, 0.05) is 25.2 Å². The largest absolute Gasteiger partial charge is 0.492 e. The highest BCUT2D eigenvalue weighted by atomic mass is 16.6. The molecule has 0 amide bonds. The van der Waals surface area contributed by atoms with Crippen LogP contribution in [-0.4, -0.2) is 24.6 Å². The van der Waals surface area contributed by atoms with Gasteiger partial charge in [0.05, 0.1) is 4.92 Å². The van der Waals surface area contributed by atoms with Gasteiger partial charge in [-0.05, 0) is 30.4 Å². The van der Waals surface area contributed by atoms with Crippen molar-refractivity contribution < 1.29 is 9.66 Å². The van der Waals surface area contributed by atoms with Gasteiger partial charge in [0.2, 0.25) is 0 Å². The van der Waals surface area contributed by atoms with Gasteiger partial charge in [-0.2, -0.15) is 0 Å². The average molecular weight is 264 g/mol. The fourth-order valence-corrected chi connectivity index (χ4v) is 2.25. The Kier molecular flexibility index (Phi) is 4.37. The number of nitrogens with zero attached hydrogens (tertiary/aromatic N) is 1. The van der Waals surface area contributed by atoms with Crippen LogP contribution in [0.3, 0.4) is 0 Å². The van der Waals surface area contributed by atoms with Crippen molar-refractivity contribution in [3.8, 4) is 5.75 Å². The minimum Gasteiger partial charge on any atom is -0.492 e. The lowest BCUT2D eigenvalue weighted by atomic mass is 9.70. The number of benzene rings is 1. The predicted octanol–water partition coefficient (Wildman–Crippen LogP) is 2.75. The molecular weight excluding hydrogens is 244 g/mol. The van der Waals surface area contributed by atoms with Gasteiger partial charge < -0.3 is 10.1 Å². The molecule has 1 aromatic rings. The Bertz CT molecular complexity index is 427. The summed E-state index contributed by atoms with van der Waals surface area (Å²) in [5.74, 6) is 0.669. The van der Waals surface area contributed by atoms with Crippen molar-refractivity contribution in [2.75, 3.05) is 19.7 Å². The molecule has 0 aromatic heterocycles. The van der Waals surface area contributed by atoms with Gasteiger partial charge in [-0.3, -0.25) is 10.1 Å². The molecule has 19 heavy (non-hydrogen) atoms. The highest BCUT2D eigenvalue weighted by Gasteiger charge is 2.30. The Morgan fingerprint density at radius 1 is 1.37 bits per heavy atom. The van der Waals surface area contributed by atoms with E-state index in [2.05, 4.69) is 12.2 Å². The van der Waals surface area contributed by atoms with Crippen LogP contribution in [0.25, 0.3) is 0 Å². The monoisotopic (exact) mass is 264 g/mol. The third kappa shape index (κ3) is 3.92. The lowest BCUT2D eigenvalue weighted by Gasteiger charge is -2.38. The standard InChI is InChI=1S/C14H20N2O3/c1-14(7-2-8-14)11-15-9-10-19-13-5-3-12(4-6-13)16(17)18/h3-6,15H,2,7-11H2,1H3. The molecule has 2 rings (SSSR count). The molecule has 1 aliphatic rings. The van der Waals surface area contributed by atoms with E-state index in [1.165, 1.54) is 31.4 Å². The summed E-state index contributed by atoms with van der Waals surface area (Å²) in [6.07, 6.45) is 3.96. The molecule has 1 aliphatic carbocycles. The molecule has 104 valence electrons. The number of nitrogens with one attached hydrogen (secondary N) is 1. The minimum atomic E-state index is -0.412. The van der Waals surface area contributed by atoms with Crippen molar-refractivity contribution in [1.82, 2.24) is 5.32 Å². The summed E-state index contributed by atoms with van der Waals surface area (Å²) in [5, 5.41) is 13.9. The van der Waals surface area contributed by atoms with E-state index in [-0.39, 0.29) is 5.69 Å². The van der Waals surface area contributed by atoms with Crippen LogP contribution in [0.1, 0.15) is 26.2 Å². The van der Waals surface area contributed by atoms with Crippen molar-refractivity contribution in [1.29, 1.82) is 0 Å². The van der Waals surface area contributed by atoms with Gasteiger partial charge in [-0.15, -0.1) is 0 Å². The third-order valence-corrected chi connectivity index (χ3v) is 3.71. The SMILES string of the molecule is CC1(CNCCOc2ccc([N+](=O)[O-])cc2)CCC1. The van der Waals surface area contributed by atoms with Crippen molar-refractivity contribution in [3.05, 3.63) is 34.4 Å². The predicted molar refractivity (Wildman–Crippen MR) is 73.4 cm³/mol. The minimum absolute atomic E-state index is 0.0865. The summed E-state index contributed by atoms with van der Waals surface area (Å²) in [6, 6.07) is 6.17. The maximum atomic E-state index is 10.5. The fraction of sp³-hybridized carbons (Fsp3) is 0.571. The Balaban J connectivity index is 1.63. The fourth-order valence-electron chi connectivity index (χ4n) is 2.25. The molecule has 1 aromatic carbocycles. The molecule has 0 saturated heterocycles. The van der Waals surface area contributed by atoms with E-state index in [1.54, 1.807) is 12.1 Å². The van der Waals surface area contributed by atoms with Crippen molar-refractivity contribution in [2.24, 2.45) is 5.41 Å². The highest BCUT2D eigenvalue weighted by molar-refractivity contribution is 5.35. The first kappa shape index (κ1) is 13.8. The smallest absolute Gasteiger partial charge is 0.269 e. The van der Waals surface area contributed by atoms with E-state index in [4.69, 9.17) is 4.74 Å². The summed E-state index contributed by atoms with van der Waals surface area (Å²) >= 11 is 0. The molecule has 0 bridgehead atoms. The molecule has 0 heterocycles. The Hall–Kier alpha value is -1.62. The second-order valence-corrected chi connectivity index (χ2v) is 5.44. The quantitative estimate of drug-likeness (QED) is 0.467. The first-order chi connectivity index (χ1) is 9.09. The maximum absolute atomic E-state index is 10.5. The number of non-ortho nitro benzene ring substituents is 1. The number of ether oxygens (including phenoxy) is 1. The summed E-state index contributed by atoms with van der Waals surface area (Å²) in [4.78, 5) is 10.1. The van der Waals surface area contributed by atoms with Crippen LogP contribution in [0.5, 0.6) is 5.75 Å². The molecule has 1 N–H and O–H groups in total. The van der Waals surface area contributed by atoms with Crippen LogP contribution < -0.4 is 10.1 Å². The molecule has 0 aliphatic heterocycles. The van der Waals surface area contributed by atoms with E-state index in [0.29, 0.717) is 17.8 Å². The van der Waals surface area contributed by atoms with Gasteiger partial charge in [-0.1, -0.05) is 13.3 Å². The average Bonchev–Trinajstić information content (AvgIpc) is 2.37. The zero-order chi connectivity index (χ0) is 13.7. The third-order valence-electron chi connectivity index (χ3n) is 3.71. The molecule has 0 radical (unpaired) electrons. The van der Waals surface area contributed by atoms with E-state index in [9.17, 15) is 10.1 Å². The van der Waals surface area contributed by atoms with Gasteiger partial charge in [0.15, 0.2) is 0 Å². The number of hydrogen-bond acceptors (Lipinski definition) is 4. The van der Waals surface area contributed by atoms with Crippen LogP contribution in [0.2, 0.25) is 0 Å². The maximum Gasteiger partial charge on any atom is 0.269 e. The van der Waals surface area contributed by atoms with E-state index >= 15 is 0 Å². The highest BCUT2D eigenvalue weighted by Crippen LogP contribution is 2.39. The topological polar surface area (TPSA) is 64.4 Å². The van der Waals surface area contributed by atoms with Crippen molar-refractivity contribution in [2.45, 2.75) is 26.2 Å². The number of hydrogen-bond donors (Lipinski definition) is 1. The number of rotatable bonds is 7. The van der Waals surface area contributed by atoms with Crippen molar-refractivity contribution >= 4 is 5.69 Å². The molecule has 0 unspecified atom stereocenters. The molecule has 1 fully saturated rings. The Morgan fingerprint density at radius 2 is 2.05 bits per heavy atom. The second kappa shape index (κ2) is 6.02. The number of nitro benzene ring substituents is 1. The van der Waals surface area contributed by atoms with Gasteiger partial charge in [0.1, 0.15) is 12.4 Å². The van der Waals surface area contributed by atoms with Crippen LogP contribution in [0.4, 0.5) is 5.69 Å². The van der Waals surface area contributed by atoms with Gasteiger partial charge in [0.25, 0.3) is 5.69 Å². The molecule has 0 spiro atoms. The first-order valence-electron chi connectivity index (χ1n) is 6.67. The number of nitro groups is 1. The van der Waals surface area contributed by atoms with Gasteiger partial charge in [-0.25, -0.2) is 0 Å². The van der Waals surface area contributed by atoms with Crippen LogP contribution >= 0.6 is 0 Å². The molecule has 1 saturated carbocycles. The van der Waals surface area contributed by atoms with Crippen LogP contribution in [-0.2, 0) is 0 Å². The first-order valence-corrected chi connectivity index (χ1v) is 6.67. The zero-order valence-electron chi connectivity index (χ0n) is 11.2. The Labute approximate surface area is 113 Å². The van der Waals surface area contributed by atoms with Crippen molar-refractivity contribution in [3.63, 3.8) is 0 Å². The molecule has 5 heteroatoms. The van der Waals surface area contributed by atoms with Crippen LogP contribution in [0, 0.1) is 15.5 Å². The summed E-state index contributed by atoms with van der Waals surface area (Å²) < 4.78 is 5.52. The van der Waals surface area contributed by atoms with E-state index in [1.807, 2.05) is 0 Å². The van der Waals surface area contributed by atoms with Crippen LogP contribution in [0.15, 0.2) is 24.3 Å². The zero-order valence-corrected chi connectivity index (χ0v) is 11.2. The lowest BCUT2D eigenvalue weighted by molar-refractivity contribution is -0.384. The Morgan fingerprint density at radius 3 is 2.58 bits per heavy atom.